The van der Waals surface area contributed by atoms with Crippen LogP contribution in [0.1, 0.15) is 38.5 Å². The third-order valence-corrected chi connectivity index (χ3v) is 6.44. The van der Waals surface area contributed by atoms with Crippen molar-refractivity contribution in [3.63, 3.8) is 0 Å². The lowest BCUT2D eigenvalue weighted by Gasteiger charge is -2.22. The van der Waals surface area contributed by atoms with Gasteiger partial charge in [0.2, 0.25) is 0 Å². The van der Waals surface area contributed by atoms with Gasteiger partial charge in [-0.15, -0.1) is 13.2 Å². The first-order chi connectivity index (χ1) is 7.12. The molecule has 0 heterocycles. The molecule has 0 radical (unpaired) electrons. The summed E-state index contributed by atoms with van der Waals surface area (Å²) in [6.45, 7) is 12.6. The van der Waals surface area contributed by atoms with Gasteiger partial charge in [0.1, 0.15) is 0 Å². The van der Waals surface area contributed by atoms with Crippen LogP contribution in [0, 0.1) is 0 Å². The standard InChI is InChI=1S/C14H28Si/c1-5-7-9-11-13-15(3,4)14-12-10-8-6-2/h5-6H,1-2,7-14H2,3-4H3. The molecule has 0 amide bonds. The quantitative estimate of drug-likeness (QED) is 0.264. The molecule has 0 aromatic heterocycles. The minimum atomic E-state index is -0.872. The van der Waals surface area contributed by atoms with E-state index in [2.05, 4.69) is 26.3 Å². The van der Waals surface area contributed by atoms with Gasteiger partial charge in [0.25, 0.3) is 0 Å². The van der Waals surface area contributed by atoms with Gasteiger partial charge >= 0.3 is 0 Å². The monoisotopic (exact) mass is 224 g/mol. The maximum absolute atomic E-state index is 3.77. The van der Waals surface area contributed by atoms with Crippen molar-refractivity contribution in [3.8, 4) is 0 Å². The van der Waals surface area contributed by atoms with Gasteiger partial charge < -0.3 is 0 Å². The molecule has 0 unspecified atom stereocenters. The Labute approximate surface area is 97.5 Å². The number of rotatable bonds is 10. The molecule has 1 heteroatoms. The van der Waals surface area contributed by atoms with Crippen LogP contribution in [0.15, 0.2) is 25.3 Å². The van der Waals surface area contributed by atoms with Crippen molar-refractivity contribution >= 4 is 8.07 Å². The maximum atomic E-state index is 3.77. The fourth-order valence-electron chi connectivity index (χ4n) is 1.91. The summed E-state index contributed by atoms with van der Waals surface area (Å²) in [4.78, 5) is 0. The van der Waals surface area contributed by atoms with E-state index < -0.39 is 8.07 Å². The minimum Gasteiger partial charge on any atom is -0.103 e. The van der Waals surface area contributed by atoms with Gasteiger partial charge in [-0.1, -0.05) is 63.0 Å². The van der Waals surface area contributed by atoms with Crippen molar-refractivity contribution in [1.29, 1.82) is 0 Å². The second-order valence-corrected chi connectivity index (χ2v) is 10.6. The van der Waals surface area contributed by atoms with Gasteiger partial charge in [-0.2, -0.15) is 0 Å². The predicted molar refractivity (Wildman–Crippen MR) is 75.2 cm³/mol. The first kappa shape index (κ1) is 14.7. The summed E-state index contributed by atoms with van der Waals surface area (Å²) in [5.41, 5.74) is 0. The van der Waals surface area contributed by atoms with Crippen LogP contribution in [0.25, 0.3) is 0 Å². The van der Waals surface area contributed by atoms with Gasteiger partial charge in [-0.25, -0.2) is 0 Å². The Morgan fingerprint density at radius 3 is 1.53 bits per heavy atom. The molecule has 0 saturated carbocycles. The van der Waals surface area contributed by atoms with Gasteiger partial charge in [-0.3, -0.25) is 0 Å². The molecule has 0 atom stereocenters. The van der Waals surface area contributed by atoms with E-state index in [4.69, 9.17) is 0 Å². The zero-order chi connectivity index (χ0) is 11.6. The molecule has 0 spiro atoms. The molecule has 0 saturated heterocycles. The summed E-state index contributed by atoms with van der Waals surface area (Å²) in [6.07, 6.45) is 12.0. The highest BCUT2D eigenvalue weighted by atomic mass is 28.3. The smallest absolute Gasteiger partial charge is 0.0473 e. The van der Waals surface area contributed by atoms with E-state index in [1.54, 1.807) is 0 Å². The molecule has 0 aliphatic carbocycles. The Hall–Kier alpha value is -0.303. The second-order valence-electron chi connectivity index (χ2n) is 5.23. The maximum Gasteiger partial charge on any atom is 0.0473 e. The lowest BCUT2D eigenvalue weighted by Crippen LogP contribution is -2.24. The number of hydrogen-bond acceptors (Lipinski definition) is 0. The third kappa shape index (κ3) is 9.99. The summed E-state index contributed by atoms with van der Waals surface area (Å²) >= 11 is 0. The van der Waals surface area contributed by atoms with Crippen molar-refractivity contribution in [2.24, 2.45) is 0 Å². The SMILES string of the molecule is C=CCCCC[Si](C)(C)CCCCC=C. The molecular formula is C14H28Si. The Balaban J connectivity index is 3.47. The largest absolute Gasteiger partial charge is 0.103 e. The summed E-state index contributed by atoms with van der Waals surface area (Å²) in [5, 5.41) is 0. The molecule has 0 aromatic carbocycles. The van der Waals surface area contributed by atoms with E-state index in [0.717, 1.165) is 0 Å². The topological polar surface area (TPSA) is 0 Å². The molecule has 0 rings (SSSR count). The second kappa shape index (κ2) is 8.96. The third-order valence-electron chi connectivity index (χ3n) is 3.02. The van der Waals surface area contributed by atoms with E-state index in [0.29, 0.717) is 0 Å². The highest BCUT2D eigenvalue weighted by Gasteiger charge is 2.18. The van der Waals surface area contributed by atoms with Crippen molar-refractivity contribution in [3.05, 3.63) is 25.3 Å². The number of allylic oxidation sites excluding steroid dienone is 2. The van der Waals surface area contributed by atoms with Gasteiger partial charge in [0, 0.05) is 8.07 Å². The van der Waals surface area contributed by atoms with Crippen LogP contribution in [-0.4, -0.2) is 8.07 Å². The molecule has 0 aliphatic heterocycles. The summed E-state index contributed by atoms with van der Waals surface area (Å²) in [7, 11) is -0.872. The van der Waals surface area contributed by atoms with E-state index >= 15 is 0 Å². The average Bonchev–Trinajstić information content (AvgIpc) is 2.20. The Morgan fingerprint density at radius 1 is 0.800 bits per heavy atom. The van der Waals surface area contributed by atoms with E-state index in [1.165, 1.54) is 50.6 Å². The molecule has 0 aliphatic rings. The molecule has 0 fully saturated rings. The number of unbranched alkanes of at least 4 members (excludes halogenated alkanes) is 4. The van der Waals surface area contributed by atoms with E-state index in [-0.39, 0.29) is 0 Å². The zero-order valence-electron chi connectivity index (χ0n) is 10.7. The lowest BCUT2D eigenvalue weighted by atomic mass is 10.2. The fraction of sp³-hybridized carbons (Fsp3) is 0.714. The molecule has 0 N–H and O–H groups in total. The molecule has 0 nitrogen and oxygen atoms in total. The van der Waals surface area contributed by atoms with Gasteiger partial charge in [-0.05, 0) is 12.8 Å². The van der Waals surface area contributed by atoms with E-state index in [9.17, 15) is 0 Å². The van der Waals surface area contributed by atoms with Gasteiger partial charge in [0.15, 0.2) is 0 Å². The first-order valence-corrected chi connectivity index (χ1v) is 9.75. The molecule has 88 valence electrons. The summed E-state index contributed by atoms with van der Waals surface area (Å²) < 4.78 is 0. The fourth-order valence-corrected chi connectivity index (χ4v) is 4.57. The molecular weight excluding hydrogens is 196 g/mol. The summed E-state index contributed by atoms with van der Waals surface area (Å²) in [5.74, 6) is 0. The van der Waals surface area contributed by atoms with Crippen LogP contribution in [0.5, 0.6) is 0 Å². The lowest BCUT2D eigenvalue weighted by molar-refractivity contribution is 0.775. The minimum absolute atomic E-state index is 0.872. The molecule has 0 aromatic rings. The summed E-state index contributed by atoms with van der Waals surface area (Å²) in [6, 6.07) is 2.99. The van der Waals surface area contributed by atoms with Crippen molar-refractivity contribution in [2.75, 3.05) is 0 Å². The van der Waals surface area contributed by atoms with Crippen LogP contribution >= 0.6 is 0 Å². The molecule has 15 heavy (non-hydrogen) atoms. The van der Waals surface area contributed by atoms with Crippen LogP contribution in [-0.2, 0) is 0 Å². The highest BCUT2D eigenvalue weighted by molar-refractivity contribution is 6.77. The Kier molecular flexibility index (Phi) is 8.78. The highest BCUT2D eigenvalue weighted by Crippen LogP contribution is 2.22. The van der Waals surface area contributed by atoms with Crippen LogP contribution in [0.3, 0.4) is 0 Å². The van der Waals surface area contributed by atoms with Crippen LogP contribution < -0.4 is 0 Å². The van der Waals surface area contributed by atoms with Crippen molar-refractivity contribution < 1.29 is 0 Å². The molecule has 0 bridgehead atoms. The van der Waals surface area contributed by atoms with Gasteiger partial charge in [0.05, 0.1) is 0 Å². The number of hydrogen-bond donors (Lipinski definition) is 0. The zero-order valence-corrected chi connectivity index (χ0v) is 11.7. The van der Waals surface area contributed by atoms with E-state index in [1.807, 2.05) is 12.2 Å². The normalized spacial score (nSPS) is 11.3. The van der Waals surface area contributed by atoms with Crippen molar-refractivity contribution in [1.82, 2.24) is 0 Å². The van der Waals surface area contributed by atoms with Crippen molar-refractivity contribution in [2.45, 2.75) is 63.7 Å². The Morgan fingerprint density at radius 2 is 1.20 bits per heavy atom. The average molecular weight is 224 g/mol. The predicted octanol–water partition coefficient (Wildman–Crippen LogP) is 5.41. The van der Waals surface area contributed by atoms with Crippen LogP contribution in [0.4, 0.5) is 0 Å². The first-order valence-electron chi connectivity index (χ1n) is 6.34. The van der Waals surface area contributed by atoms with Crippen LogP contribution in [0.2, 0.25) is 25.2 Å². The Bertz CT molecular complexity index is 152.